The molecule has 0 radical (unpaired) electrons. The molecular weight excluding hydrogens is 425 g/mol. The Morgan fingerprint density at radius 2 is 2.03 bits per heavy atom. The van der Waals surface area contributed by atoms with Crippen molar-refractivity contribution in [2.24, 2.45) is 4.99 Å². The van der Waals surface area contributed by atoms with E-state index in [1.807, 2.05) is 13.2 Å². The van der Waals surface area contributed by atoms with E-state index in [2.05, 4.69) is 29.3 Å². The minimum Gasteiger partial charge on any atom is -0.378 e. The second-order valence-corrected chi connectivity index (χ2v) is 8.60. The second kappa shape index (κ2) is 12.0. The maximum Gasteiger partial charge on any atom is 0.265 e. The fourth-order valence-corrected chi connectivity index (χ4v) is 4.50. The Morgan fingerprint density at radius 3 is 2.72 bits per heavy atom. The fraction of sp³-hybridized carbons (Fsp3) is 0.440. The molecule has 1 heterocycles. The van der Waals surface area contributed by atoms with Gasteiger partial charge in [-0.3, -0.25) is 4.79 Å². The number of halogens is 1. The van der Waals surface area contributed by atoms with Crippen molar-refractivity contribution >= 4 is 23.4 Å². The molecule has 2 aliphatic rings. The molecule has 0 bridgehead atoms. The van der Waals surface area contributed by atoms with Crippen LogP contribution in [-0.2, 0) is 16.0 Å². The highest BCUT2D eigenvalue weighted by atomic mass is 32.2. The van der Waals surface area contributed by atoms with Crippen LogP contribution in [-0.4, -0.2) is 55.6 Å². The smallest absolute Gasteiger partial charge is 0.265 e. The summed E-state index contributed by atoms with van der Waals surface area (Å²) in [6.45, 7) is 7.51. The van der Waals surface area contributed by atoms with Crippen molar-refractivity contribution in [3.8, 4) is 0 Å². The average molecular weight is 458 g/mol. The molecule has 1 aliphatic heterocycles. The van der Waals surface area contributed by atoms with Crippen LogP contribution >= 0.6 is 11.8 Å². The Bertz CT molecular complexity index is 946. The SMILES string of the molecule is CCC(=NC1=C(SC)CC=CC(N2CCOCC2)=C1C)C(=O)NCCc1ccccc1F. The van der Waals surface area contributed by atoms with E-state index in [0.29, 0.717) is 43.9 Å². The fourth-order valence-electron chi connectivity index (χ4n) is 3.84. The molecule has 0 atom stereocenters. The van der Waals surface area contributed by atoms with E-state index >= 15 is 0 Å². The summed E-state index contributed by atoms with van der Waals surface area (Å²) in [7, 11) is 0. The Hall–Kier alpha value is -2.38. The third kappa shape index (κ3) is 6.11. The summed E-state index contributed by atoms with van der Waals surface area (Å²) in [6, 6.07) is 6.65. The lowest BCUT2D eigenvalue weighted by atomic mass is 10.1. The van der Waals surface area contributed by atoms with Gasteiger partial charge in [0.25, 0.3) is 5.91 Å². The molecule has 0 unspecified atom stereocenters. The molecule has 32 heavy (non-hydrogen) atoms. The van der Waals surface area contributed by atoms with Crippen molar-refractivity contribution < 1.29 is 13.9 Å². The summed E-state index contributed by atoms with van der Waals surface area (Å²) in [5.74, 6) is -0.446. The molecule has 1 fully saturated rings. The van der Waals surface area contributed by atoms with E-state index in [1.54, 1.807) is 30.0 Å². The molecule has 1 aromatic rings. The first-order chi connectivity index (χ1) is 15.5. The average Bonchev–Trinajstić information content (AvgIpc) is 2.97. The van der Waals surface area contributed by atoms with Crippen molar-refractivity contribution in [2.75, 3.05) is 39.1 Å². The number of ether oxygens (including phenoxy) is 1. The zero-order chi connectivity index (χ0) is 22.9. The molecule has 172 valence electrons. The van der Waals surface area contributed by atoms with Crippen LogP contribution in [0.15, 0.2) is 63.3 Å². The third-order valence-electron chi connectivity index (χ3n) is 5.66. The molecule has 1 amide bonds. The molecule has 1 aliphatic carbocycles. The number of thioether (sulfide) groups is 1. The maximum atomic E-state index is 13.8. The van der Waals surface area contributed by atoms with Gasteiger partial charge in [-0.15, -0.1) is 11.8 Å². The van der Waals surface area contributed by atoms with Crippen molar-refractivity contribution in [1.29, 1.82) is 0 Å². The summed E-state index contributed by atoms with van der Waals surface area (Å²) >= 11 is 1.67. The Balaban J connectivity index is 1.79. The van der Waals surface area contributed by atoms with Crippen LogP contribution in [0.25, 0.3) is 0 Å². The zero-order valence-electron chi connectivity index (χ0n) is 19.1. The number of rotatable bonds is 8. The number of aliphatic imine (C=N–C) groups is 1. The monoisotopic (exact) mass is 457 g/mol. The van der Waals surface area contributed by atoms with Crippen LogP contribution in [0.2, 0.25) is 0 Å². The highest BCUT2D eigenvalue weighted by molar-refractivity contribution is 8.02. The third-order valence-corrected chi connectivity index (χ3v) is 6.51. The van der Waals surface area contributed by atoms with Crippen molar-refractivity contribution in [3.05, 3.63) is 69.7 Å². The van der Waals surface area contributed by atoms with Crippen LogP contribution in [0, 0.1) is 5.82 Å². The minimum atomic E-state index is -0.247. The van der Waals surface area contributed by atoms with Crippen LogP contribution in [0.5, 0.6) is 0 Å². The van der Waals surface area contributed by atoms with Crippen molar-refractivity contribution in [3.63, 3.8) is 0 Å². The first kappa shape index (κ1) is 24.3. The first-order valence-corrected chi connectivity index (χ1v) is 12.3. The summed E-state index contributed by atoms with van der Waals surface area (Å²) in [6.07, 6.45) is 8.13. The quantitative estimate of drug-likeness (QED) is 0.585. The van der Waals surface area contributed by atoms with E-state index in [0.717, 1.165) is 41.4 Å². The lowest BCUT2D eigenvalue weighted by Gasteiger charge is -2.31. The number of allylic oxidation sites excluding steroid dienone is 4. The molecule has 0 spiro atoms. The number of hydrogen-bond acceptors (Lipinski definition) is 5. The van der Waals surface area contributed by atoms with Gasteiger partial charge < -0.3 is 15.0 Å². The lowest BCUT2D eigenvalue weighted by molar-refractivity contribution is -0.114. The van der Waals surface area contributed by atoms with Gasteiger partial charge in [-0.2, -0.15) is 0 Å². The molecule has 7 heteroatoms. The van der Waals surface area contributed by atoms with Gasteiger partial charge in [0.2, 0.25) is 0 Å². The largest absolute Gasteiger partial charge is 0.378 e. The normalized spacial score (nSPS) is 17.6. The number of morpholine rings is 1. The Morgan fingerprint density at radius 1 is 1.28 bits per heavy atom. The molecule has 1 saturated heterocycles. The van der Waals surface area contributed by atoms with E-state index in [1.165, 1.54) is 6.07 Å². The molecular formula is C25H32FN3O2S. The minimum absolute atomic E-state index is 0.199. The Labute approximate surface area is 194 Å². The lowest BCUT2D eigenvalue weighted by Crippen LogP contribution is -2.35. The highest BCUT2D eigenvalue weighted by Gasteiger charge is 2.21. The summed E-state index contributed by atoms with van der Waals surface area (Å²) in [5.41, 5.74) is 4.19. The predicted molar refractivity (Wildman–Crippen MR) is 130 cm³/mol. The first-order valence-electron chi connectivity index (χ1n) is 11.1. The van der Waals surface area contributed by atoms with Gasteiger partial charge in [-0.25, -0.2) is 9.38 Å². The number of benzene rings is 1. The van der Waals surface area contributed by atoms with E-state index in [4.69, 9.17) is 9.73 Å². The standard InChI is InChI=1S/C25H32FN3O2S/c1-4-21(25(30)27-13-12-19-8-5-6-9-20(19)26)28-24-18(2)22(10-7-11-23(24)32-3)29-14-16-31-17-15-29/h5-10H,4,11-17H2,1-3H3,(H,27,30). The van der Waals surface area contributed by atoms with Crippen LogP contribution in [0.4, 0.5) is 4.39 Å². The van der Waals surface area contributed by atoms with Gasteiger partial charge in [0.05, 0.1) is 18.9 Å². The van der Waals surface area contributed by atoms with Crippen molar-refractivity contribution in [2.45, 2.75) is 33.1 Å². The van der Waals surface area contributed by atoms with Gasteiger partial charge >= 0.3 is 0 Å². The number of amides is 1. The number of carbonyl (C=O) groups excluding carboxylic acids is 1. The van der Waals surface area contributed by atoms with Gasteiger partial charge in [0, 0.05) is 30.2 Å². The summed E-state index contributed by atoms with van der Waals surface area (Å²) in [5, 5.41) is 2.91. The highest BCUT2D eigenvalue weighted by Crippen LogP contribution is 2.33. The van der Waals surface area contributed by atoms with Crippen LogP contribution < -0.4 is 5.32 Å². The van der Waals surface area contributed by atoms with Crippen molar-refractivity contribution in [1.82, 2.24) is 10.2 Å². The summed E-state index contributed by atoms with van der Waals surface area (Å²) in [4.78, 5) is 21.2. The van der Waals surface area contributed by atoms with E-state index < -0.39 is 0 Å². The molecule has 3 rings (SSSR count). The topological polar surface area (TPSA) is 53.9 Å². The van der Waals surface area contributed by atoms with Crippen LogP contribution in [0.1, 0.15) is 32.3 Å². The predicted octanol–water partition coefficient (Wildman–Crippen LogP) is 4.48. The number of nitrogens with one attached hydrogen (secondary N) is 1. The summed E-state index contributed by atoms with van der Waals surface area (Å²) < 4.78 is 19.3. The van der Waals surface area contributed by atoms with Gasteiger partial charge in [0.15, 0.2) is 0 Å². The molecule has 1 N–H and O–H groups in total. The van der Waals surface area contributed by atoms with E-state index in [9.17, 15) is 9.18 Å². The van der Waals surface area contributed by atoms with Crippen LogP contribution in [0.3, 0.4) is 0 Å². The molecule has 1 aromatic carbocycles. The second-order valence-electron chi connectivity index (χ2n) is 7.70. The number of carbonyl (C=O) groups is 1. The number of nitrogens with zero attached hydrogens (tertiary/aromatic N) is 2. The zero-order valence-corrected chi connectivity index (χ0v) is 19.9. The Kier molecular flexibility index (Phi) is 9.11. The number of hydrogen-bond donors (Lipinski definition) is 1. The molecule has 5 nitrogen and oxygen atoms in total. The molecule has 0 aromatic heterocycles. The van der Waals surface area contributed by atoms with Gasteiger partial charge in [-0.1, -0.05) is 31.2 Å². The molecule has 0 saturated carbocycles. The van der Waals surface area contributed by atoms with Gasteiger partial charge in [-0.05, 0) is 55.7 Å². The van der Waals surface area contributed by atoms with E-state index in [-0.39, 0.29) is 11.7 Å². The maximum absolute atomic E-state index is 13.8. The van der Waals surface area contributed by atoms with Gasteiger partial charge in [0.1, 0.15) is 11.5 Å².